The predicted molar refractivity (Wildman–Crippen MR) is 181 cm³/mol. The van der Waals surface area contributed by atoms with Crippen molar-refractivity contribution in [1.82, 2.24) is 19.6 Å². The molecule has 6 nitrogen and oxygen atoms in total. The number of halogens is 1. The van der Waals surface area contributed by atoms with Gasteiger partial charge in [0.15, 0.2) is 0 Å². The summed E-state index contributed by atoms with van der Waals surface area (Å²) >= 11 is 0. The van der Waals surface area contributed by atoms with E-state index in [1.54, 1.807) is 12.1 Å². The van der Waals surface area contributed by atoms with Crippen molar-refractivity contribution in [2.45, 2.75) is 64.5 Å². The van der Waals surface area contributed by atoms with Gasteiger partial charge in [0.1, 0.15) is 11.9 Å². The van der Waals surface area contributed by atoms with Crippen LogP contribution in [-0.4, -0.2) is 69.4 Å². The van der Waals surface area contributed by atoms with Gasteiger partial charge in [0, 0.05) is 50.1 Å². The highest BCUT2D eigenvalue weighted by molar-refractivity contribution is 5.74. The molecule has 0 bridgehead atoms. The molecule has 1 aromatic heterocycles. The van der Waals surface area contributed by atoms with Crippen LogP contribution in [0.25, 0.3) is 11.1 Å². The molecule has 2 aliphatic heterocycles. The summed E-state index contributed by atoms with van der Waals surface area (Å²) in [7, 11) is 0. The lowest BCUT2D eigenvalue weighted by Gasteiger charge is -2.35. The molecule has 0 unspecified atom stereocenters. The van der Waals surface area contributed by atoms with Crippen molar-refractivity contribution >= 4 is 5.97 Å². The average molecular weight is 623 g/mol. The van der Waals surface area contributed by atoms with Crippen LogP contribution in [-0.2, 0) is 17.8 Å². The van der Waals surface area contributed by atoms with Crippen molar-refractivity contribution in [2.24, 2.45) is 11.8 Å². The highest BCUT2D eigenvalue weighted by atomic mass is 19.1. The van der Waals surface area contributed by atoms with Gasteiger partial charge in [0.2, 0.25) is 0 Å². The van der Waals surface area contributed by atoms with Crippen molar-refractivity contribution in [3.63, 3.8) is 0 Å². The topological polar surface area (TPSA) is 61.6 Å². The molecule has 242 valence electrons. The fourth-order valence-electron chi connectivity index (χ4n) is 7.85. The number of hydrogen-bond donors (Lipinski definition) is 1. The summed E-state index contributed by atoms with van der Waals surface area (Å²) in [6.07, 6.45) is 2.96. The van der Waals surface area contributed by atoms with Gasteiger partial charge in [0.05, 0.1) is 5.69 Å². The first kappa shape index (κ1) is 32.1. The summed E-state index contributed by atoms with van der Waals surface area (Å²) in [5.74, 6) is -0.174. The fourth-order valence-corrected chi connectivity index (χ4v) is 7.85. The molecule has 0 radical (unpaired) electrons. The molecule has 0 amide bonds. The van der Waals surface area contributed by atoms with E-state index in [4.69, 9.17) is 5.10 Å². The van der Waals surface area contributed by atoms with Crippen LogP contribution in [0.15, 0.2) is 84.9 Å². The van der Waals surface area contributed by atoms with Gasteiger partial charge in [-0.25, -0.2) is 4.39 Å². The van der Waals surface area contributed by atoms with Crippen molar-refractivity contribution in [1.29, 1.82) is 0 Å². The molecule has 1 N–H and O–H groups in total. The van der Waals surface area contributed by atoms with Crippen molar-refractivity contribution < 1.29 is 14.3 Å². The summed E-state index contributed by atoms with van der Waals surface area (Å²) in [6, 6.07) is 28.0. The monoisotopic (exact) mass is 622 g/mol. The Bertz CT molecular complexity index is 1590. The Morgan fingerprint density at radius 2 is 1.65 bits per heavy atom. The molecule has 6 rings (SSSR count). The molecule has 3 aromatic carbocycles. The van der Waals surface area contributed by atoms with Crippen LogP contribution in [0.1, 0.15) is 68.0 Å². The van der Waals surface area contributed by atoms with Gasteiger partial charge in [-0.05, 0) is 85.1 Å². The van der Waals surface area contributed by atoms with E-state index in [1.807, 2.05) is 26.0 Å². The van der Waals surface area contributed by atoms with E-state index < -0.39 is 12.0 Å². The number of nitrogens with zero attached hydrogens (tertiary/aromatic N) is 4. The number of likely N-dealkylation sites (tertiary alicyclic amines) is 2. The van der Waals surface area contributed by atoms with Crippen molar-refractivity contribution in [2.75, 3.05) is 32.7 Å². The number of rotatable bonds is 11. The Balaban J connectivity index is 1.10. The van der Waals surface area contributed by atoms with Crippen LogP contribution >= 0.6 is 0 Å². The lowest BCUT2D eigenvalue weighted by Crippen LogP contribution is -2.44. The molecule has 2 saturated heterocycles. The average Bonchev–Trinajstić information content (AvgIpc) is 3.65. The van der Waals surface area contributed by atoms with Gasteiger partial charge in [-0.2, -0.15) is 5.10 Å². The fraction of sp³-hybridized carbons (Fsp3) is 0.436. The number of aliphatic carboxylic acids is 1. The molecule has 0 spiro atoms. The second-order valence-corrected chi connectivity index (χ2v) is 13.6. The standard InChI is InChI=1S/C39H47FN4O2/c1-4-44-37(23-35(41-44)21-28-13-15-30(16-14-28)29-9-6-5-7-10-29)31-17-19-42(20-18-31)24-33-25-43(38(27(2)3)39(45)46)26-36(33)32-11-8-12-34(40)22-32/h5-16,22-23,27,31,33,36,38H,4,17-21,24-26H2,1-3H3,(H,45,46)/t33-,36+,38+/m0/s1. The van der Waals surface area contributed by atoms with Gasteiger partial charge in [0.25, 0.3) is 0 Å². The quantitative estimate of drug-likeness (QED) is 0.190. The first-order valence-corrected chi connectivity index (χ1v) is 16.9. The van der Waals surface area contributed by atoms with Gasteiger partial charge in [-0.3, -0.25) is 14.4 Å². The minimum Gasteiger partial charge on any atom is -0.480 e. The number of hydrogen-bond acceptors (Lipinski definition) is 4. The maximum Gasteiger partial charge on any atom is 0.321 e. The number of carboxylic acid groups (broad SMARTS) is 1. The molecule has 0 saturated carbocycles. The summed E-state index contributed by atoms with van der Waals surface area (Å²) in [6.45, 7) is 11.2. The van der Waals surface area contributed by atoms with Crippen LogP contribution in [0.4, 0.5) is 4.39 Å². The highest BCUT2D eigenvalue weighted by Crippen LogP contribution is 2.37. The zero-order valence-electron chi connectivity index (χ0n) is 27.4. The molecule has 2 fully saturated rings. The lowest BCUT2D eigenvalue weighted by molar-refractivity contribution is -0.144. The number of benzene rings is 3. The second kappa shape index (κ2) is 14.3. The zero-order valence-corrected chi connectivity index (χ0v) is 27.4. The predicted octanol–water partition coefficient (Wildman–Crippen LogP) is 7.30. The van der Waals surface area contributed by atoms with E-state index >= 15 is 0 Å². The Labute approximate surface area is 272 Å². The van der Waals surface area contributed by atoms with E-state index in [9.17, 15) is 14.3 Å². The van der Waals surface area contributed by atoms with E-state index in [0.29, 0.717) is 19.0 Å². The van der Waals surface area contributed by atoms with Crippen LogP contribution < -0.4 is 0 Å². The van der Waals surface area contributed by atoms with E-state index in [-0.39, 0.29) is 23.6 Å². The molecule has 2 aliphatic rings. The number of carboxylic acids is 1. The van der Waals surface area contributed by atoms with E-state index in [1.165, 1.54) is 28.5 Å². The third-order valence-corrected chi connectivity index (χ3v) is 10.1. The molecular weight excluding hydrogens is 575 g/mol. The zero-order chi connectivity index (χ0) is 32.2. The lowest BCUT2D eigenvalue weighted by atomic mass is 9.87. The largest absolute Gasteiger partial charge is 0.480 e. The van der Waals surface area contributed by atoms with Crippen LogP contribution in [0.2, 0.25) is 0 Å². The van der Waals surface area contributed by atoms with Gasteiger partial charge in [-0.1, -0.05) is 80.6 Å². The third-order valence-electron chi connectivity index (χ3n) is 10.1. The molecule has 4 aromatic rings. The molecule has 0 aliphatic carbocycles. The number of piperidine rings is 1. The molecule has 3 atom stereocenters. The minimum atomic E-state index is -0.773. The first-order valence-electron chi connectivity index (χ1n) is 16.9. The van der Waals surface area contributed by atoms with Gasteiger partial charge in [-0.15, -0.1) is 0 Å². The molecular formula is C39H47FN4O2. The van der Waals surface area contributed by atoms with Crippen LogP contribution in [0, 0.1) is 17.7 Å². The number of aryl methyl sites for hydroxylation is 1. The van der Waals surface area contributed by atoms with Gasteiger partial charge >= 0.3 is 5.97 Å². The highest BCUT2D eigenvalue weighted by Gasteiger charge is 2.41. The smallest absolute Gasteiger partial charge is 0.321 e. The number of carbonyl (C=O) groups is 1. The Kier molecular flexibility index (Phi) is 10.00. The van der Waals surface area contributed by atoms with E-state index in [2.05, 4.69) is 76.0 Å². The summed E-state index contributed by atoms with van der Waals surface area (Å²) in [5.41, 5.74) is 7.16. The summed E-state index contributed by atoms with van der Waals surface area (Å²) < 4.78 is 16.5. The maximum atomic E-state index is 14.3. The Morgan fingerprint density at radius 1 is 0.935 bits per heavy atom. The van der Waals surface area contributed by atoms with Crippen molar-refractivity contribution in [3.05, 3.63) is 113 Å². The second-order valence-electron chi connectivity index (χ2n) is 13.6. The first-order chi connectivity index (χ1) is 22.3. The minimum absolute atomic E-state index is 0.00196. The summed E-state index contributed by atoms with van der Waals surface area (Å²) in [4.78, 5) is 16.9. The third kappa shape index (κ3) is 7.26. The Hall–Kier alpha value is -3.81. The normalized spacial score (nSPS) is 20.4. The number of aromatic nitrogens is 2. The van der Waals surface area contributed by atoms with E-state index in [0.717, 1.165) is 56.7 Å². The Morgan fingerprint density at radius 3 is 2.30 bits per heavy atom. The molecule has 3 heterocycles. The van der Waals surface area contributed by atoms with Crippen LogP contribution in [0.3, 0.4) is 0 Å². The summed E-state index contributed by atoms with van der Waals surface area (Å²) in [5, 5.41) is 15.0. The van der Waals surface area contributed by atoms with Crippen LogP contribution in [0.5, 0.6) is 0 Å². The van der Waals surface area contributed by atoms with Crippen molar-refractivity contribution in [3.8, 4) is 11.1 Å². The maximum absolute atomic E-state index is 14.3. The SMILES string of the molecule is CCn1nc(Cc2ccc(-c3ccccc3)cc2)cc1C1CCN(C[C@H]2CN([C@@H](C(=O)O)C(C)C)C[C@@H]2c2cccc(F)c2)CC1. The van der Waals surface area contributed by atoms with Gasteiger partial charge < -0.3 is 10.0 Å². The molecule has 46 heavy (non-hydrogen) atoms. The molecule has 7 heteroatoms.